The Morgan fingerprint density at radius 3 is 2.05 bits per heavy atom. The van der Waals surface area contributed by atoms with Gasteiger partial charge in [-0.25, -0.2) is 10.2 Å². The van der Waals surface area contributed by atoms with E-state index in [0.717, 1.165) is 12.8 Å². The van der Waals surface area contributed by atoms with Gasteiger partial charge in [0, 0.05) is 5.54 Å². The first-order valence-corrected chi connectivity index (χ1v) is 8.16. The molecule has 0 heterocycles. The lowest BCUT2D eigenvalue weighted by molar-refractivity contribution is 0.213. The van der Waals surface area contributed by atoms with Gasteiger partial charge in [0.1, 0.15) is 5.66 Å². The summed E-state index contributed by atoms with van der Waals surface area (Å²) in [6.07, 6.45) is 4.55. The molecule has 2 amide bonds. The van der Waals surface area contributed by atoms with Crippen molar-refractivity contribution in [1.29, 1.82) is 0 Å². The van der Waals surface area contributed by atoms with E-state index in [9.17, 15) is 4.79 Å². The summed E-state index contributed by atoms with van der Waals surface area (Å²) in [4.78, 5) is 12.0. The molecule has 0 atom stereocenters. The molecule has 0 spiro atoms. The molecule has 0 saturated carbocycles. The molecule has 3 N–H and O–H groups in total. The molecular weight excluding hydrogens is 278 g/mol. The van der Waals surface area contributed by atoms with Crippen LogP contribution in [0.2, 0.25) is 0 Å². The van der Waals surface area contributed by atoms with Gasteiger partial charge in [0.05, 0.1) is 5.54 Å². The first-order valence-electron chi connectivity index (χ1n) is 8.16. The van der Waals surface area contributed by atoms with E-state index in [2.05, 4.69) is 47.2 Å². The molecule has 0 aromatic carbocycles. The number of amides is 2. The van der Waals surface area contributed by atoms with Gasteiger partial charge < -0.3 is 5.32 Å². The minimum absolute atomic E-state index is 0.135. The maximum absolute atomic E-state index is 12.0. The molecule has 0 aromatic rings. The van der Waals surface area contributed by atoms with E-state index in [1.807, 2.05) is 34.6 Å². The Hall–Kier alpha value is -1.17. The Kier molecular flexibility index (Phi) is 8.01. The first kappa shape index (κ1) is 20.8. The van der Waals surface area contributed by atoms with E-state index in [1.165, 1.54) is 12.8 Å². The van der Waals surface area contributed by atoms with Gasteiger partial charge in [-0.3, -0.25) is 5.43 Å². The predicted molar refractivity (Wildman–Crippen MR) is 91.7 cm³/mol. The largest absolute Gasteiger partial charge is 0.331 e. The topological polar surface area (TPSA) is 77.9 Å². The van der Waals surface area contributed by atoms with Crippen molar-refractivity contribution >= 4 is 6.03 Å². The van der Waals surface area contributed by atoms with Crippen molar-refractivity contribution in [2.24, 2.45) is 10.2 Å². The summed E-state index contributed by atoms with van der Waals surface area (Å²) in [6, 6.07) is -0.304. The Balaban J connectivity index is 4.30. The van der Waals surface area contributed by atoms with Crippen LogP contribution in [0.15, 0.2) is 10.2 Å². The number of rotatable bonds is 8. The molecule has 130 valence electrons. The van der Waals surface area contributed by atoms with Crippen LogP contribution in [0.4, 0.5) is 4.79 Å². The van der Waals surface area contributed by atoms with E-state index in [1.54, 1.807) is 0 Å². The van der Waals surface area contributed by atoms with Crippen LogP contribution in [0.5, 0.6) is 0 Å². The minimum atomic E-state index is -0.745. The summed E-state index contributed by atoms with van der Waals surface area (Å²) in [6.45, 7) is 15.9. The van der Waals surface area contributed by atoms with Crippen LogP contribution < -0.4 is 16.2 Å². The molecule has 0 aliphatic carbocycles. The Bertz CT molecular complexity index is 369. The fourth-order valence-electron chi connectivity index (χ4n) is 1.71. The zero-order valence-electron chi connectivity index (χ0n) is 15.6. The van der Waals surface area contributed by atoms with Crippen molar-refractivity contribution in [3.05, 3.63) is 0 Å². The molecule has 0 radical (unpaired) electrons. The lowest BCUT2D eigenvalue weighted by atomic mass is 9.98. The molecule has 0 saturated heterocycles. The van der Waals surface area contributed by atoms with Crippen molar-refractivity contribution < 1.29 is 4.79 Å². The maximum atomic E-state index is 12.0. The highest BCUT2D eigenvalue weighted by Crippen LogP contribution is 2.14. The van der Waals surface area contributed by atoms with Crippen molar-refractivity contribution in [3.63, 3.8) is 0 Å². The van der Waals surface area contributed by atoms with Gasteiger partial charge in [0.15, 0.2) is 0 Å². The third-order valence-electron chi connectivity index (χ3n) is 2.94. The second-order valence-electron chi connectivity index (χ2n) is 7.97. The average Bonchev–Trinajstić information content (AvgIpc) is 2.33. The quantitative estimate of drug-likeness (QED) is 0.358. The van der Waals surface area contributed by atoms with Crippen LogP contribution in [0.25, 0.3) is 0 Å². The van der Waals surface area contributed by atoms with E-state index in [0.29, 0.717) is 0 Å². The standard InChI is InChI=1S/C16H35N5O/c1-9-10-11-12-15(5,6)20-18-13(22)17-16(7,8)21-19-14(2,3)4/h20H,9-12H2,1-8H3,(H2,17,18,22). The summed E-state index contributed by atoms with van der Waals surface area (Å²) in [5, 5.41) is 11.2. The number of carbonyl (C=O) groups is 1. The lowest BCUT2D eigenvalue weighted by Crippen LogP contribution is -2.56. The Morgan fingerprint density at radius 2 is 1.55 bits per heavy atom. The molecule has 0 aliphatic rings. The van der Waals surface area contributed by atoms with Crippen molar-refractivity contribution in [1.82, 2.24) is 16.2 Å². The van der Waals surface area contributed by atoms with Gasteiger partial charge in [0.2, 0.25) is 0 Å². The molecule has 0 aromatic heterocycles. The van der Waals surface area contributed by atoms with Crippen molar-refractivity contribution in [3.8, 4) is 0 Å². The number of hydrogen-bond acceptors (Lipinski definition) is 4. The van der Waals surface area contributed by atoms with E-state index < -0.39 is 5.66 Å². The second-order valence-corrected chi connectivity index (χ2v) is 7.97. The summed E-state index contributed by atoms with van der Waals surface area (Å²) in [7, 11) is 0. The van der Waals surface area contributed by atoms with Crippen LogP contribution in [0.1, 0.15) is 81.1 Å². The van der Waals surface area contributed by atoms with Crippen molar-refractivity contribution in [2.75, 3.05) is 0 Å². The number of urea groups is 1. The van der Waals surface area contributed by atoms with Gasteiger partial charge in [-0.1, -0.05) is 26.2 Å². The number of hydrogen-bond donors (Lipinski definition) is 3. The normalized spacial score (nSPS) is 13.5. The van der Waals surface area contributed by atoms with Crippen LogP contribution >= 0.6 is 0 Å². The number of unbranched alkanes of at least 4 members (excludes halogenated alkanes) is 2. The van der Waals surface area contributed by atoms with Crippen LogP contribution in [0.3, 0.4) is 0 Å². The molecule has 0 fully saturated rings. The fraction of sp³-hybridized carbons (Fsp3) is 0.938. The predicted octanol–water partition coefficient (Wildman–Crippen LogP) is 4.14. The number of nitrogens with one attached hydrogen (secondary N) is 3. The Labute approximate surface area is 135 Å². The highest BCUT2D eigenvalue weighted by Gasteiger charge is 2.23. The summed E-state index contributed by atoms with van der Waals surface area (Å²) < 4.78 is 0. The van der Waals surface area contributed by atoms with E-state index in [-0.39, 0.29) is 17.1 Å². The van der Waals surface area contributed by atoms with Crippen molar-refractivity contribution in [2.45, 2.75) is 97.8 Å². The molecule has 0 unspecified atom stereocenters. The molecular formula is C16H35N5O. The highest BCUT2D eigenvalue weighted by atomic mass is 16.2. The first-order chi connectivity index (χ1) is 9.87. The van der Waals surface area contributed by atoms with Gasteiger partial charge in [0.25, 0.3) is 0 Å². The second kappa shape index (κ2) is 8.46. The monoisotopic (exact) mass is 313 g/mol. The van der Waals surface area contributed by atoms with Crippen LogP contribution in [0, 0.1) is 0 Å². The fourth-order valence-corrected chi connectivity index (χ4v) is 1.71. The summed E-state index contributed by atoms with van der Waals surface area (Å²) in [5.74, 6) is 0. The molecule has 6 nitrogen and oxygen atoms in total. The number of azo groups is 1. The molecule has 6 heteroatoms. The molecule has 0 aliphatic heterocycles. The summed E-state index contributed by atoms with van der Waals surface area (Å²) >= 11 is 0. The number of nitrogens with zero attached hydrogens (tertiary/aromatic N) is 2. The highest BCUT2D eigenvalue weighted by molar-refractivity contribution is 5.74. The molecule has 0 bridgehead atoms. The zero-order valence-corrected chi connectivity index (χ0v) is 15.6. The number of hydrazine groups is 1. The zero-order chi connectivity index (χ0) is 17.4. The molecule has 22 heavy (non-hydrogen) atoms. The third-order valence-corrected chi connectivity index (χ3v) is 2.94. The average molecular weight is 313 g/mol. The van der Waals surface area contributed by atoms with E-state index in [4.69, 9.17) is 0 Å². The minimum Gasteiger partial charge on any atom is -0.311 e. The van der Waals surface area contributed by atoms with Gasteiger partial charge >= 0.3 is 6.03 Å². The lowest BCUT2D eigenvalue weighted by Gasteiger charge is -2.28. The summed E-state index contributed by atoms with van der Waals surface area (Å²) in [5.41, 5.74) is 4.64. The van der Waals surface area contributed by atoms with Crippen LogP contribution in [-0.2, 0) is 0 Å². The third kappa shape index (κ3) is 11.5. The van der Waals surface area contributed by atoms with Gasteiger partial charge in [-0.15, -0.1) is 0 Å². The molecule has 0 rings (SSSR count). The van der Waals surface area contributed by atoms with Gasteiger partial charge in [-0.05, 0) is 54.9 Å². The SMILES string of the molecule is CCCCCC(C)(C)NNC(=O)NC(C)(C)N=NC(C)(C)C. The van der Waals surface area contributed by atoms with Gasteiger partial charge in [-0.2, -0.15) is 10.2 Å². The van der Waals surface area contributed by atoms with E-state index >= 15 is 0 Å². The maximum Gasteiger partial charge on any atom is 0.331 e. The number of carbonyl (C=O) groups excluding carboxylic acids is 1. The Morgan fingerprint density at radius 1 is 0.955 bits per heavy atom. The smallest absolute Gasteiger partial charge is 0.311 e. The van der Waals surface area contributed by atoms with Crippen LogP contribution in [-0.4, -0.2) is 22.8 Å².